The largest absolute Gasteiger partial charge is 0.508 e. The van der Waals surface area contributed by atoms with Gasteiger partial charge in [-0.3, -0.25) is 0 Å². The number of aromatic hydroxyl groups is 1. The van der Waals surface area contributed by atoms with Gasteiger partial charge in [0.15, 0.2) is 0 Å². The molecule has 0 amide bonds. The summed E-state index contributed by atoms with van der Waals surface area (Å²) >= 11 is 5.47. The molecule has 0 saturated carbocycles. The van der Waals surface area contributed by atoms with E-state index < -0.39 is 0 Å². The van der Waals surface area contributed by atoms with E-state index in [0.717, 1.165) is 5.56 Å². The van der Waals surface area contributed by atoms with Gasteiger partial charge in [-0.2, -0.15) is 0 Å². The first-order valence-corrected chi connectivity index (χ1v) is 4.46. The molecule has 2 N–H and O–H groups in total. The van der Waals surface area contributed by atoms with Crippen molar-refractivity contribution in [3.63, 3.8) is 0 Å². The monoisotopic (exact) mass is 198 g/mol. The number of hydrogen-bond acceptors (Lipinski definition) is 2. The third kappa shape index (κ3) is 2.76. The second-order valence-corrected chi connectivity index (χ2v) is 2.91. The van der Waals surface area contributed by atoms with Gasteiger partial charge in [-0.15, -0.1) is 11.6 Å². The predicted octanol–water partition coefficient (Wildman–Crippen LogP) is 2.14. The normalized spacial score (nSPS) is 10.9. The van der Waals surface area contributed by atoms with Gasteiger partial charge in [0.1, 0.15) is 5.75 Å². The Kier molecular flexibility index (Phi) is 3.80. The average Bonchev–Trinajstić information content (AvgIpc) is 2.16. The standard InChI is InChI=1S/C10H11ClO2/c11-5-1-2-8-3-4-10(13)9(6-8)7-12/h1-4,6,12-13H,5,7H2. The maximum absolute atomic E-state index is 9.25. The van der Waals surface area contributed by atoms with E-state index >= 15 is 0 Å². The lowest BCUT2D eigenvalue weighted by atomic mass is 10.1. The molecule has 0 aliphatic carbocycles. The molecule has 2 nitrogen and oxygen atoms in total. The summed E-state index contributed by atoms with van der Waals surface area (Å²) in [6, 6.07) is 5.04. The van der Waals surface area contributed by atoms with E-state index in [-0.39, 0.29) is 12.4 Å². The number of benzene rings is 1. The molecule has 1 aromatic rings. The molecule has 13 heavy (non-hydrogen) atoms. The molecule has 0 unspecified atom stereocenters. The van der Waals surface area contributed by atoms with Crippen LogP contribution in [0.1, 0.15) is 11.1 Å². The van der Waals surface area contributed by atoms with Crippen LogP contribution in [-0.2, 0) is 6.61 Å². The van der Waals surface area contributed by atoms with Crippen molar-refractivity contribution in [3.05, 3.63) is 35.4 Å². The fourth-order valence-corrected chi connectivity index (χ4v) is 1.11. The van der Waals surface area contributed by atoms with Gasteiger partial charge in [-0.1, -0.05) is 18.2 Å². The van der Waals surface area contributed by atoms with Gasteiger partial charge in [0, 0.05) is 11.4 Å². The number of rotatable bonds is 3. The number of phenols is 1. The molecule has 0 aliphatic rings. The highest BCUT2D eigenvalue weighted by molar-refractivity contribution is 6.19. The highest BCUT2D eigenvalue weighted by Crippen LogP contribution is 2.18. The van der Waals surface area contributed by atoms with Gasteiger partial charge in [0.2, 0.25) is 0 Å². The summed E-state index contributed by atoms with van der Waals surface area (Å²) in [5.41, 5.74) is 1.44. The third-order valence-electron chi connectivity index (χ3n) is 1.67. The zero-order chi connectivity index (χ0) is 9.68. The Balaban J connectivity index is 2.92. The molecule has 0 aromatic heterocycles. The fourth-order valence-electron chi connectivity index (χ4n) is 1.02. The van der Waals surface area contributed by atoms with E-state index in [0.29, 0.717) is 11.4 Å². The SMILES string of the molecule is OCc1cc(C=CCCl)ccc1O. The minimum Gasteiger partial charge on any atom is -0.508 e. The number of allylic oxidation sites excluding steroid dienone is 1. The summed E-state index contributed by atoms with van der Waals surface area (Å²) in [6.45, 7) is -0.158. The van der Waals surface area contributed by atoms with Crippen LogP contribution < -0.4 is 0 Å². The van der Waals surface area contributed by atoms with Crippen LogP contribution in [0.5, 0.6) is 5.75 Å². The van der Waals surface area contributed by atoms with Crippen molar-refractivity contribution in [3.8, 4) is 5.75 Å². The molecule has 0 spiro atoms. The van der Waals surface area contributed by atoms with Crippen LogP contribution >= 0.6 is 11.6 Å². The fraction of sp³-hybridized carbons (Fsp3) is 0.200. The molecule has 0 atom stereocenters. The van der Waals surface area contributed by atoms with Crippen molar-refractivity contribution < 1.29 is 10.2 Å². The molecular weight excluding hydrogens is 188 g/mol. The second kappa shape index (κ2) is 4.90. The van der Waals surface area contributed by atoms with Gasteiger partial charge in [0.05, 0.1) is 6.61 Å². The first-order chi connectivity index (χ1) is 6.27. The first-order valence-electron chi connectivity index (χ1n) is 3.93. The van der Waals surface area contributed by atoms with Crippen molar-refractivity contribution in [1.82, 2.24) is 0 Å². The second-order valence-electron chi connectivity index (χ2n) is 2.60. The molecule has 70 valence electrons. The van der Waals surface area contributed by atoms with E-state index in [1.54, 1.807) is 24.3 Å². The van der Waals surface area contributed by atoms with Gasteiger partial charge in [0.25, 0.3) is 0 Å². The molecule has 3 heteroatoms. The summed E-state index contributed by atoms with van der Waals surface area (Å²) < 4.78 is 0. The molecule has 0 aliphatic heterocycles. The number of hydrogen-bond donors (Lipinski definition) is 2. The lowest BCUT2D eigenvalue weighted by molar-refractivity contribution is 0.275. The smallest absolute Gasteiger partial charge is 0.121 e. The van der Waals surface area contributed by atoms with Crippen LogP contribution in [0.4, 0.5) is 0 Å². The molecule has 0 saturated heterocycles. The Morgan fingerprint density at radius 3 is 2.77 bits per heavy atom. The van der Waals surface area contributed by atoms with E-state index in [9.17, 15) is 5.11 Å². The van der Waals surface area contributed by atoms with Gasteiger partial charge < -0.3 is 10.2 Å². The Morgan fingerprint density at radius 1 is 1.38 bits per heavy atom. The van der Waals surface area contributed by atoms with E-state index in [4.69, 9.17) is 16.7 Å². The van der Waals surface area contributed by atoms with Crippen LogP contribution in [0, 0.1) is 0 Å². The van der Waals surface area contributed by atoms with Crippen LogP contribution in [0.3, 0.4) is 0 Å². The summed E-state index contributed by atoms with van der Waals surface area (Å²) in [5, 5.41) is 18.1. The zero-order valence-corrected chi connectivity index (χ0v) is 7.83. The van der Waals surface area contributed by atoms with Crippen LogP contribution in [0.25, 0.3) is 6.08 Å². The van der Waals surface area contributed by atoms with Gasteiger partial charge in [-0.25, -0.2) is 0 Å². The number of halogens is 1. The molecule has 0 bridgehead atoms. The summed E-state index contributed by atoms with van der Waals surface area (Å²) in [5.74, 6) is 0.570. The molecule has 0 heterocycles. The molecule has 1 aromatic carbocycles. The lowest BCUT2D eigenvalue weighted by Crippen LogP contribution is -1.85. The lowest BCUT2D eigenvalue weighted by Gasteiger charge is -2.01. The Hall–Kier alpha value is -0.990. The van der Waals surface area contributed by atoms with Crippen molar-refractivity contribution in [2.75, 3.05) is 5.88 Å². The third-order valence-corrected chi connectivity index (χ3v) is 1.85. The molecular formula is C10H11ClO2. The van der Waals surface area contributed by atoms with Crippen LogP contribution in [0.15, 0.2) is 24.3 Å². The maximum atomic E-state index is 9.25. The van der Waals surface area contributed by atoms with Crippen molar-refractivity contribution in [1.29, 1.82) is 0 Å². The minimum atomic E-state index is -0.158. The Morgan fingerprint density at radius 2 is 2.15 bits per heavy atom. The topological polar surface area (TPSA) is 40.5 Å². The van der Waals surface area contributed by atoms with Gasteiger partial charge in [-0.05, 0) is 17.7 Å². The van der Waals surface area contributed by atoms with Gasteiger partial charge >= 0.3 is 0 Å². The van der Waals surface area contributed by atoms with Crippen molar-refractivity contribution >= 4 is 17.7 Å². The quantitative estimate of drug-likeness (QED) is 0.731. The Labute approximate surface area is 82.1 Å². The highest BCUT2D eigenvalue weighted by atomic mass is 35.5. The zero-order valence-electron chi connectivity index (χ0n) is 7.07. The molecule has 0 fully saturated rings. The van der Waals surface area contributed by atoms with E-state index in [1.165, 1.54) is 0 Å². The van der Waals surface area contributed by atoms with Crippen molar-refractivity contribution in [2.24, 2.45) is 0 Å². The first kappa shape index (κ1) is 10.1. The van der Waals surface area contributed by atoms with Crippen LogP contribution in [-0.4, -0.2) is 16.1 Å². The highest BCUT2D eigenvalue weighted by Gasteiger charge is 1.98. The van der Waals surface area contributed by atoms with Crippen LogP contribution in [0.2, 0.25) is 0 Å². The summed E-state index contributed by atoms with van der Waals surface area (Å²) in [7, 11) is 0. The van der Waals surface area contributed by atoms with E-state index in [2.05, 4.69) is 0 Å². The number of alkyl halides is 1. The minimum absolute atomic E-state index is 0.116. The Bertz CT molecular complexity index is 308. The summed E-state index contributed by atoms with van der Waals surface area (Å²) in [6.07, 6.45) is 3.64. The summed E-state index contributed by atoms with van der Waals surface area (Å²) in [4.78, 5) is 0. The van der Waals surface area contributed by atoms with E-state index in [1.807, 2.05) is 6.08 Å². The predicted molar refractivity (Wildman–Crippen MR) is 53.8 cm³/mol. The number of aliphatic hydroxyl groups is 1. The average molecular weight is 199 g/mol. The molecule has 1 rings (SSSR count). The molecule has 0 radical (unpaired) electrons. The maximum Gasteiger partial charge on any atom is 0.121 e. The number of aliphatic hydroxyl groups excluding tert-OH is 1. The van der Waals surface area contributed by atoms with Crippen molar-refractivity contribution in [2.45, 2.75) is 6.61 Å².